The SMILES string of the molecule is CC1CCNC1C(=O)Nc1cc2[nH]c(=O)[nH]c2cc1Br. The monoisotopic (exact) mass is 338 g/mol. The van der Waals surface area contributed by atoms with Gasteiger partial charge in [-0.3, -0.25) is 4.79 Å². The minimum Gasteiger partial charge on any atom is -0.324 e. The first-order chi connectivity index (χ1) is 9.54. The summed E-state index contributed by atoms with van der Waals surface area (Å²) in [5.41, 5.74) is 1.76. The van der Waals surface area contributed by atoms with Crippen molar-refractivity contribution in [2.24, 2.45) is 5.92 Å². The smallest absolute Gasteiger partial charge is 0.323 e. The van der Waals surface area contributed by atoms with E-state index >= 15 is 0 Å². The van der Waals surface area contributed by atoms with Gasteiger partial charge in [0.25, 0.3) is 0 Å². The van der Waals surface area contributed by atoms with Crippen molar-refractivity contribution in [3.63, 3.8) is 0 Å². The minimum absolute atomic E-state index is 0.0482. The molecule has 1 aromatic carbocycles. The van der Waals surface area contributed by atoms with Crippen LogP contribution in [0.25, 0.3) is 11.0 Å². The summed E-state index contributed by atoms with van der Waals surface area (Å²) in [5.74, 6) is 0.275. The highest BCUT2D eigenvalue weighted by Crippen LogP contribution is 2.27. The molecule has 1 fully saturated rings. The number of rotatable bonds is 2. The molecule has 0 bridgehead atoms. The van der Waals surface area contributed by atoms with Crippen molar-refractivity contribution in [1.29, 1.82) is 0 Å². The number of aromatic amines is 2. The third-order valence-corrected chi connectivity index (χ3v) is 4.33. The number of hydrogen-bond donors (Lipinski definition) is 4. The van der Waals surface area contributed by atoms with Gasteiger partial charge in [0.1, 0.15) is 0 Å². The van der Waals surface area contributed by atoms with Crippen LogP contribution < -0.4 is 16.3 Å². The number of hydrogen-bond acceptors (Lipinski definition) is 3. The Morgan fingerprint density at radius 2 is 2.05 bits per heavy atom. The molecule has 20 heavy (non-hydrogen) atoms. The first-order valence-corrected chi connectivity index (χ1v) is 7.29. The van der Waals surface area contributed by atoms with Crippen LogP contribution in [0.2, 0.25) is 0 Å². The van der Waals surface area contributed by atoms with Crippen molar-refractivity contribution in [2.45, 2.75) is 19.4 Å². The Morgan fingerprint density at radius 3 is 2.70 bits per heavy atom. The largest absolute Gasteiger partial charge is 0.324 e. The zero-order chi connectivity index (χ0) is 14.3. The second-order valence-corrected chi connectivity index (χ2v) is 6.00. The predicted molar refractivity (Wildman–Crippen MR) is 80.8 cm³/mol. The molecule has 0 saturated carbocycles. The zero-order valence-electron chi connectivity index (χ0n) is 10.9. The molecule has 2 unspecified atom stereocenters. The van der Waals surface area contributed by atoms with Crippen molar-refractivity contribution in [3.8, 4) is 0 Å². The molecule has 1 aliphatic rings. The van der Waals surface area contributed by atoms with Crippen LogP contribution in [0.5, 0.6) is 0 Å². The Labute approximate surface area is 123 Å². The quantitative estimate of drug-likeness (QED) is 0.669. The normalized spacial score (nSPS) is 22.3. The second kappa shape index (κ2) is 5.06. The first kappa shape index (κ1) is 13.4. The van der Waals surface area contributed by atoms with Gasteiger partial charge in [0.15, 0.2) is 0 Å². The van der Waals surface area contributed by atoms with Crippen molar-refractivity contribution < 1.29 is 4.79 Å². The Bertz CT molecular complexity index is 721. The third kappa shape index (κ3) is 2.38. The van der Waals surface area contributed by atoms with Crippen molar-refractivity contribution >= 4 is 38.6 Å². The van der Waals surface area contributed by atoms with E-state index in [2.05, 4.69) is 43.5 Å². The summed E-state index contributed by atoms with van der Waals surface area (Å²) in [6.45, 7) is 2.93. The highest BCUT2D eigenvalue weighted by atomic mass is 79.9. The summed E-state index contributed by atoms with van der Waals surface area (Å²) in [7, 11) is 0. The lowest BCUT2D eigenvalue weighted by Gasteiger charge is -2.16. The number of halogens is 1. The van der Waals surface area contributed by atoms with Gasteiger partial charge in [0, 0.05) is 4.47 Å². The van der Waals surface area contributed by atoms with Gasteiger partial charge in [0.05, 0.1) is 22.8 Å². The van der Waals surface area contributed by atoms with E-state index in [-0.39, 0.29) is 17.6 Å². The van der Waals surface area contributed by atoms with Crippen LogP contribution in [-0.2, 0) is 4.79 Å². The van der Waals surface area contributed by atoms with Crippen LogP contribution in [0.4, 0.5) is 5.69 Å². The maximum Gasteiger partial charge on any atom is 0.323 e. The molecular formula is C13H15BrN4O2. The van der Waals surface area contributed by atoms with Crippen LogP contribution in [0.3, 0.4) is 0 Å². The Kier molecular flexibility index (Phi) is 3.39. The molecule has 1 aliphatic heterocycles. The van der Waals surface area contributed by atoms with Crippen LogP contribution >= 0.6 is 15.9 Å². The van der Waals surface area contributed by atoms with Gasteiger partial charge in [-0.25, -0.2) is 4.79 Å². The molecule has 6 nitrogen and oxygen atoms in total. The number of nitrogens with one attached hydrogen (secondary N) is 4. The van der Waals surface area contributed by atoms with Crippen molar-refractivity contribution in [2.75, 3.05) is 11.9 Å². The standard InChI is InChI=1S/C13H15BrN4O2/c1-6-2-3-15-11(6)12(19)16-8-5-10-9(4-7(8)14)17-13(20)18-10/h4-6,11,15H,2-3H2,1H3,(H,16,19)(H2,17,18,20). The van der Waals surface area contributed by atoms with E-state index in [1.54, 1.807) is 12.1 Å². The molecule has 3 rings (SSSR count). The fourth-order valence-corrected chi connectivity index (χ4v) is 2.99. The van der Waals surface area contributed by atoms with E-state index < -0.39 is 0 Å². The van der Waals surface area contributed by atoms with Crippen molar-refractivity contribution in [3.05, 3.63) is 27.1 Å². The van der Waals surface area contributed by atoms with Crippen LogP contribution in [0, 0.1) is 5.92 Å². The van der Waals surface area contributed by atoms with E-state index in [0.29, 0.717) is 22.6 Å². The van der Waals surface area contributed by atoms with E-state index in [1.165, 1.54) is 0 Å². The van der Waals surface area contributed by atoms with Gasteiger partial charge in [-0.2, -0.15) is 0 Å². The molecule has 0 radical (unpaired) electrons. The van der Waals surface area contributed by atoms with Gasteiger partial charge in [0.2, 0.25) is 5.91 Å². The maximum absolute atomic E-state index is 12.2. The van der Waals surface area contributed by atoms with Gasteiger partial charge < -0.3 is 20.6 Å². The van der Waals surface area contributed by atoms with E-state index in [4.69, 9.17) is 0 Å². The fraction of sp³-hybridized carbons (Fsp3) is 0.385. The molecule has 1 saturated heterocycles. The highest BCUT2D eigenvalue weighted by molar-refractivity contribution is 9.10. The highest BCUT2D eigenvalue weighted by Gasteiger charge is 2.29. The summed E-state index contributed by atoms with van der Waals surface area (Å²) in [6.07, 6.45) is 1.00. The fourth-order valence-electron chi connectivity index (χ4n) is 2.55. The lowest BCUT2D eigenvalue weighted by Crippen LogP contribution is -2.39. The first-order valence-electron chi connectivity index (χ1n) is 6.50. The lowest BCUT2D eigenvalue weighted by molar-refractivity contribution is -0.118. The number of aromatic nitrogens is 2. The van der Waals surface area contributed by atoms with E-state index in [1.807, 2.05) is 0 Å². The van der Waals surface area contributed by atoms with E-state index in [9.17, 15) is 9.59 Å². The Balaban J connectivity index is 1.88. The molecule has 2 atom stereocenters. The van der Waals surface area contributed by atoms with Gasteiger partial charge in [-0.15, -0.1) is 0 Å². The molecule has 1 aromatic heterocycles. The summed E-state index contributed by atoms with van der Waals surface area (Å²) < 4.78 is 0.735. The van der Waals surface area contributed by atoms with Crippen LogP contribution in [-0.4, -0.2) is 28.5 Å². The molecule has 2 heterocycles. The summed E-state index contributed by atoms with van der Waals surface area (Å²) in [6, 6.07) is 3.35. The number of anilines is 1. The maximum atomic E-state index is 12.2. The predicted octanol–water partition coefficient (Wildman–Crippen LogP) is 1.56. The number of H-pyrrole nitrogens is 2. The molecule has 7 heteroatoms. The molecule has 1 amide bonds. The average Bonchev–Trinajstić information content (AvgIpc) is 2.94. The third-order valence-electron chi connectivity index (χ3n) is 3.68. The van der Waals surface area contributed by atoms with Gasteiger partial charge >= 0.3 is 5.69 Å². The number of imidazole rings is 1. The van der Waals surface area contributed by atoms with Crippen LogP contribution in [0.15, 0.2) is 21.4 Å². The number of carbonyl (C=O) groups is 1. The minimum atomic E-state index is -0.263. The molecular weight excluding hydrogens is 324 g/mol. The van der Waals surface area contributed by atoms with Crippen LogP contribution in [0.1, 0.15) is 13.3 Å². The van der Waals surface area contributed by atoms with Crippen molar-refractivity contribution in [1.82, 2.24) is 15.3 Å². The number of benzene rings is 1. The molecule has 2 aromatic rings. The molecule has 0 aliphatic carbocycles. The van der Waals surface area contributed by atoms with E-state index in [0.717, 1.165) is 17.4 Å². The summed E-state index contributed by atoms with van der Waals surface area (Å²) in [5, 5.41) is 6.10. The molecule has 4 N–H and O–H groups in total. The Morgan fingerprint density at radius 1 is 1.35 bits per heavy atom. The topological polar surface area (TPSA) is 89.8 Å². The number of fused-ring (bicyclic) bond motifs is 1. The zero-order valence-corrected chi connectivity index (χ0v) is 12.5. The molecule has 0 spiro atoms. The molecule has 106 valence electrons. The van der Waals surface area contributed by atoms with Gasteiger partial charge in [-0.1, -0.05) is 6.92 Å². The van der Waals surface area contributed by atoms with Gasteiger partial charge in [-0.05, 0) is 46.9 Å². The second-order valence-electron chi connectivity index (χ2n) is 5.14. The lowest BCUT2D eigenvalue weighted by atomic mass is 10.0. The summed E-state index contributed by atoms with van der Waals surface area (Å²) >= 11 is 3.41. The number of amides is 1. The Hall–Kier alpha value is -1.60. The summed E-state index contributed by atoms with van der Waals surface area (Å²) in [4.78, 5) is 28.9. The number of carbonyl (C=O) groups excluding carboxylic acids is 1. The average molecular weight is 339 g/mol.